The minimum Gasteiger partial charge on any atom is -0.480 e. The second kappa shape index (κ2) is 8.97. The van der Waals surface area contributed by atoms with E-state index in [1.54, 1.807) is 0 Å². The van der Waals surface area contributed by atoms with E-state index in [9.17, 15) is 4.79 Å². The highest BCUT2D eigenvalue weighted by molar-refractivity contribution is 5.73. The molecule has 0 saturated heterocycles. The van der Waals surface area contributed by atoms with Gasteiger partial charge in [0.1, 0.15) is 6.04 Å². The van der Waals surface area contributed by atoms with E-state index >= 15 is 0 Å². The lowest BCUT2D eigenvalue weighted by atomic mass is 10.2. The smallest absolute Gasteiger partial charge is 0.322 e. The molecule has 0 spiro atoms. The molecular weight excluding hydrogens is 182 g/mol. The maximum Gasteiger partial charge on any atom is 0.322 e. The van der Waals surface area contributed by atoms with Gasteiger partial charge in [0, 0.05) is 6.61 Å². The number of nitrogens with two attached hydrogens (primary N) is 1. The molecule has 0 bridgehead atoms. The number of ether oxygens (including phenoxy) is 1. The lowest BCUT2D eigenvalue weighted by Gasteiger charge is -2.07. The van der Waals surface area contributed by atoms with E-state index in [0.717, 1.165) is 12.8 Å². The average molecular weight is 203 g/mol. The van der Waals surface area contributed by atoms with Gasteiger partial charge in [0.2, 0.25) is 0 Å². The number of carbonyl (C=O) groups is 1. The third kappa shape index (κ3) is 8.01. The molecule has 0 amide bonds. The molecule has 0 aliphatic rings. The quantitative estimate of drug-likeness (QED) is 0.555. The molecule has 0 heterocycles. The lowest BCUT2D eigenvalue weighted by Crippen LogP contribution is -2.34. The lowest BCUT2D eigenvalue weighted by molar-refractivity contribution is -0.140. The van der Waals surface area contributed by atoms with Gasteiger partial charge in [-0.2, -0.15) is 0 Å². The van der Waals surface area contributed by atoms with Gasteiger partial charge in [0.15, 0.2) is 0 Å². The highest BCUT2D eigenvalue weighted by Crippen LogP contribution is 2.02. The van der Waals surface area contributed by atoms with Crippen LogP contribution in [-0.4, -0.2) is 30.3 Å². The first-order valence-electron chi connectivity index (χ1n) is 5.24. The van der Waals surface area contributed by atoms with Crippen LogP contribution in [0.25, 0.3) is 0 Å². The molecule has 0 aromatic carbocycles. The molecule has 0 aromatic heterocycles. The first-order valence-corrected chi connectivity index (χ1v) is 5.24. The molecule has 84 valence electrons. The second-order valence-corrected chi connectivity index (χ2v) is 3.43. The minimum absolute atomic E-state index is 0.114. The Morgan fingerprint density at radius 3 is 2.57 bits per heavy atom. The Morgan fingerprint density at radius 2 is 2.00 bits per heavy atom. The SMILES string of the molecule is CCCCCCCOCC(N)C(=O)O. The Kier molecular flexibility index (Phi) is 8.57. The number of hydrogen-bond acceptors (Lipinski definition) is 3. The molecule has 4 heteroatoms. The van der Waals surface area contributed by atoms with Gasteiger partial charge in [-0.3, -0.25) is 4.79 Å². The predicted octanol–water partition coefficient (Wildman–Crippen LogP) is 1.39. The number of unbranched alkanes of at least 4 members (excludes halogenated alkanes) is 4. The third-order valence-corrected chi connectivity index (χ3v) is 2.01. The summed E-state index contributed by atoms with van der Waals surface area (Å²) in [6.45, 7) is 2.90. The molecule has 14 heavy (non-hydrogen) atoms. The fourth-order valence-corrected chi connectivity index (χ4v) is 1.09. The van der Waals surface area contributed by atoms with E-state index in [1.165, 1.54) is 19.3 Å². The molecule has 0 fully saturated rings. The highest BCUT2D eigenvalue weighted by atomic mass is 16.5. The van der Waals surface area contributed by atoms with Crippen LogP contribution in [0.1, 0.15) is 39.0 Å². The van der Waals surface area contributed by atoms with Gasteiger partial charge in [0.05, 0.1) is 6.61 Å². The Hall–Kier alpha value is -0.610. The van der Waals surface area contributed by atoms with Crippen LogP contribution in [0.4, 0.5) is 0 Å². The fraction of sp³-hybridized carbons (Fsp3) is 0.900. The summed E-state index contributed by atoms with van der Waals surface area (Å²) in [5.74, 6) is -1.00. The normalized spacial score (nSPS) is 12.7. The van der Waals surface area contributed by atoms with E-state index in [4.69, 9.17) is 15.6 Å². The number of rotatable bonds is 9. The Labute approximate surface area is 85.4 Å². The van der Waals surface area contributed by atoms with Gasteiger partial charge in [-0.05, 0) is 6.42 Å². The standard InChI is InChI=1S/C10H21NO3/c1-2-3-4-5-6-7-14-8-9(11)10(12)13/h9H,2-8,11H2,1H3,(H,12,13). The van der Waals surface area contributed by atoms with Crippen molar-refractivity contribution in [3.8, 4) is 0 Å². The van der Waals surface area contributed by atoms with Gasteiger partial charge in [0.25, 0.3) is 0 Å². The van der Waals surface area contributed by atoms with E-state index in [1.807, 2.05) is 0 Å². The van der Waals surface area contributed by atoms with E-state index in [2.05, 4.69) is 6.92 Å². The van der Waals surface area contributed by atoms with Crippen LogP contribution >= 0.6 is 0 Å². The summed E-state index contributed by atoms with van der Waals surface area (Å²) in [6, 6.07) is -0.884. The summed E-state index contributed by atoms with van der Waals surface area (Å²) in [7, 11) is 0. The summed E-state index contributed by atoms with van der Waals surface area (Å²) < 4.78 is 5.13. The molecule has 0 aliphatic carbocycles. The van der Waals surface area contributed by atoms with Crippen LogP contribution in [0.2, 0.25) is 0 Å². The van der Waals surface area contributed by atoms with Gasteiger partial charge in [-0.15, -0.1) is 0 Å². The van der Waals surface area contributed by atoms with Crippen molar-refractivity contribution in [2.75, 3.05) is 13.2 Å². The Bertz CT molecular complexity index is 150. The van der Waals surface area contributed by atoms with Crippen molar-refractivity contribution >= 4 is 5.97 Å². The monoisotopic (exact) mass is 203 g/mol. The average Bonchev–Trinajstić information content (AvgIpc) is 2.16. The number of carboxylic acids is 1. The fourth-order valence-electron chi connectivity index (χ4n) is 1.09. The second-order valence-electron chi connectivity index (χ2n) is 3.43. The van der Waals surface area contributed by atoms with Crippen LogP contribution in [-0.2, 0) is 9.53 Å². The van der Waals surface area contributed by atoms with E-state index in [0.29, 0.717) is 6.61 Å². The maximum absolute atomic E-state index is 10.3. The summed E-state index contributed by atoms with van der Waals surface area (Å²) in [4.78, 5) is 10.3. The van der Waals surface area contributed by atoms with Gasteiger partial charge in [-0.25, -0.2) is 0 Å². The first kappa shape index (κ1) is 13.4. The van der Waals surface area contributed by atoms with Gasteiger partial charge >= 0.3 is 5.97 Å². The maximum atomic E-state index is 10.3. The zero-order valence-corrected chi connectivity index (χ0v) is 8.87. The number of hydrogen-bond donors (Lipinski definition) is 2. The van der Waals surface area contributed by atoms with Crippen molar-refractivity contribution in [2.45, 2.75) is 45.1 Å². The van der Waals surface area contributed by atoms with Crippen LogP contribution in [0, 0.1) is 0 Å². The highest BCUT2D eigenvalue weighted by Gasteiger charge is 2.10. The minimum atomic E-state index is -1.00. The molecular formula is C10H21NO3. The van der Waals surface area contributed by atoms with Crippen molar-refractivity contribution in [3.05, 3.63) is 0 Å². The van der Waals surface area contributed by atoms with E-state index < -0.39 is 12.0 Å². The molecule has 1 unspecified atom stereocenters. The van der Waals surface area contributed by atoms with Crippen molar-refractivity contribution in [1.82, 2.24) is 0 Å². The predicted molar refractivity (Wildman–Crippen MR) is 55.2 cm³/mol. The van der Waals surface area contributed by atoms with Crippen LogP contribution in [0.5, 0.6) is 0 Å². The van der Waals surface area contributed by atoms with Crippen LogP contribution in [0.3, 0.4) is 0 Å². The molecule has 0 rings (SSSR count). The number of aliphatic carboxylic acids is 1. The topological polar surface area (TPSA) is 72.5 Å². The first-order chi connectivity index (χ1) is 6.68. The van der Waals surface area contributed by atoms with Crippen LogP contribution < -0.4 is 5.73 Å². The van der Waals surface area contributed by atoms with E-state index in [-0.39, 0.29) is 6.61 Å². The zero-order chi connectivity index (χ0) is 10.8. The third-order valence-electron chi connectivity index (χ3n) is 2.01. The summed E-state index contributed by atoms with van der Waals surface area (Å²) in [5.41, 5.74) is 5.25. The van der Waals surface area contributed by atoms with Crippen molar-refractivity contribution in [1.29, 1.82) is 0 Å². The van der Waals surface area contributed by atoms with Crippen molar-refractivity contribution in [2.24, 2.45) is 5.73 Å². The molecule has 0 aliphatic heterocycles. The zero-order valence-electron chi connectivity index (χ0n) is 8.87. The largest absolute Gasteiger partial charge is 0.480 e. The number of carboxylic acid groups (broad SMARTS) is 1. The van der Waals surface area contributed by atoms with Crippen molar-refractivity contribution in [3.63, 3.8) is 0 Å². The van der Waals surface area contributed by atoms with Gasteiger partial charge < -0.3 is 15.6 Å². The molecule has 0 aromatic rings. The van der Waals surface area contributed by atoms with Gasteiger partial charge in [-0.1, -0.05) is 32.6 Å². The molecule has 4 nitrogen and oxygen atoms in total. The van der Waals surface area contributed by atoms with Crippen molar-refractivity contribution < 1.29 is 14.6 Å². The Morgan fingerprint density at radius 1 is 1.36 bits per heavy atom. The van der Waals surface area contributed by atoms with Crippen LogP contribution in [0.15, 0.2) is 0 Å². The summed E-state index contributed by atoms with van der Waals surface area (Å²) >= 11 is 0. The molecule has 3 N–H and O–H groups in total. The Balaban J connectivity index is 3.09. The molecule has 1 atom stereocenters. The summed E-state index contributed by atoms with van der Waals surface area (Å²) in [5, 5.41) is 8.45. The molecule has 0 saturated carbocycles. The molecule has 0 radical (unpaired) electrons. The summed E-state index contributed by atoms with van der Waals surface area (Å²) in [6.07, 6.45) is 5.85.